The first-order valence-electron chi connectivity index (χ1n) is 6.26. The second-order valence-corrected chi connectivity index (χ2v) is 4.56. The van der Waals surface area contributed by atoms with Crippen LogP contribution < -0.4 is 10.5 Å². The molecule has 0 amide bonds. The quantitative estimate of drug-likeness (QED) is 0.791. The zero-order chi connectivity index (χ0) is 14.1. The number of hydrogen-bond acceptors (Lipinski definition) is 3. The molecule has 0 spiro atoms. The summed E-state index contributed by atoms with van der Waals surface area (Å²) in [6.07, 6.45) is 0. The number of furan rings is 1. The van der Waals surface area contributed by atoms with E-state index < -0.39 is 11.9 Å². The van der Waals surface area contributed by atoms with Gasteiger partial charge in [0.25, 0.3) is 0 Å². The van der Waals surface area contributed by atoms with E-state index in [-0.39, 0.29) is 5.75 Å². The molecule has 0 aliphatic rings. The van der Waals surface area contributed by atoms with Crippen LogP contribution in [0, 0.1) is 5.82 Å². The zero-order valence-corrected chi connectivity index (χ0v) is 11.0. The molecule has 1 unspecified atom stereocenters. The second-order valence-electron chi connectivity index (χ2n) is 4.56. The highest BCUT2D eigenvalue weighted by Crippen LogP contribution is 2.29. The Morgan fingerprint density at radius 2 is 1.95 bits per heavy atom. The van der Waals surface area contributed by atoms with Crippen molar-refractivity contribution in [2.24, 2.45) is 5.73 Å². The molecule has 3 rings (SSSR count). The van der Waals surface area contributed by atoms with Gasteiger partial charge in [-0.3, -0.25) is 0 Å². The number of halogens is 1. The molecule has 0 aliphatic carbocycles. The number of ether oxygens (including phenoxy) is 1. The van der Waals surface area contributed by atoms with Crippen LogP contribution in [0.3, 0.4) is 0 Å². The summed E-state index contributed by atoms with van der Waals surface area (Å²) in [5, 5.41) is 0.993. The van der Waals surface area contributed by atoms with Crippen LogP contribution in [0.25, 0.3) is 11.0 Å². The molecule has 1 heterocycles. The maximum atomic E-state index is 13.4. The normalized spacial score (nSPS) is 12.6. The van der Waals surface area contributed by atoms with E-state index >= 15 is 0 Å². The Balaban J connectivity index is 2.01. The third-order valence-electron chi connectivity index (χ3n) is 3.29. The van der Waals surface area contributed by atoms with E-state index in [0.717, 1.165) is 16.5 Å². The lowest BCUT2D eigenvalue weighted by molar-refractivity contribution is 0.385. The van der Waals surface area contributed by atoms with Gasteiger partial charge in [0.2, 0.25) is 0 Å². The van der Waals surface area contributed by atoms with Crippen molar-refractivity contribution in [1.82, 2.24) is 0 Å². The molecule has 0 saturated heterocycles. The molecule has 2 aromatic carbocycles. The molecule has 2 N–H and O–H groups in total. The first-order chi connectivity index (χ1) is 9.69. The largest absolute Gasteiger partial charge is 0.494 e. The molecule has 4 heteroatoms. The summed E-state index contributed by atoms with van der Waals surface area (Å²) in [6.45, 7) is 0. The van der Waals surface area contributed by atoms with Gasteiger partial charge in [0.1, 0.15) is 11.3 Å². The Hall–Kier alpha value is -2.33. The molecule has 0 bridgehead atoms. The van der Waals surface area contributed by atoms with Gasteiger partial charge in [-0.1, -0.05) is 24.3 Å². The number of methoxy groups -OCH3 is 1. The molecule has 102 valence electrons. The van der Waals surface area contributed by atoms with Crippen molar-refractivity contribution in [2.75, 3.05) is 7.11 Å². The average Bonchev–Trinajstić information content (AvgIpc) is 2.91. The molecule has 1 atom stereocenters. The maximum absolute atomic E-state index is 13.4. The van der Waals surface area contributed by atoms with E-state index in [1.165, 1.54) is 13.2 Å². The lowest BCUT2D eigenvalue weighted by Crippen LogP contribution is -2.11. The van der Waals surface area contributed by atoms with Crippen LogP contribution >= 0.6 is 0 Å². The van der Waals surface area contributed by atoms with E-state index in [1.807, 2.05) is 30.3 Å². The van der Waals surface area contributed by atoms with Crippen LogP contribution in [0.5, 0.6) is 5.75 Å². The van der Waals surface area contributed by atoms with Crippen LogP contribution in [0.2, 0.25) is 0 Å². The maximum Gasteiger partial charge on any atom is 0.165 e. The van der Waals surface area contributed by atoms with E-state index in [4.69, 9.17) is 14.9 Å². The Morgan fingerprint density at radius 3 is 2.70 bits per heavy atom. The summed E-state index contributed by atoms with van der Waals surface area (Å²) in [5.74, 6) is 0.405. The molecule has 3 aromatic rings. The predicted molar refractivity (Wildman–Crippen MR) is 75.2 cm³/mol. The van der Waals surface area contributed by atoms with E-state index in [0.29, 0.717) is 5.76 Å². The van der Waals surface area contributed by atoms with E-state index in [2.05, 4.69) is 0 Å². The molecule has 0 aliphatic heterocycles. The van der Waals surface area contributed by atoms with Gasteiger partial charge in [-0.25, -0.2) is 4.39 Å². The third-order valence-corrected chi connectivity index (χ3v) is 3.29. The number of hydrogen-bond donors (Lipinski definition) is 1. The van der Waals surface area contributed by atoms with E-state index in [1.54, 1.807) is 12.1 Å². The van der Waals surface area contributed by atoms with Crippen molar-refractivity contribution in [1.29, 1.82) is 0 Å². The van der Waals surface area contributed by atoms with Crippen molar-refractivity contribution in [3.05, 3.63) is 65.7 Å². The Kier molecular flexibility index (Phi) is 3.16. The van der Waals surface area contributed by atoms with Crippen LogP contribution in [0.4, 0.5) is 4.39 Å². The predicted octanol–water partition coefficient (Wildman–Crippen LogP) is 3.63. The van der Waals surface area contributed by atoms with Crippen molar-refractivity contribution in [3.63, 3.8) is 0 Å². The summed E-state index contributed by atoms with van der Waals surface area (Å²) >= 11 is 0. The monoisotopic (exact) mass is 271 g/mol. The van der Waals surface area contributed by atoms with Gasteiger partial charge in [-0.15, -0.1) is 0 Å². The van der Waals surface area contributed by atoms with E-state index in [9.17, 15) is 4.39 Å². The molecule has 1 aromatic heterocycles. The molecule has 0 radical (unpaired) electrons. The van der Waals surface area contributed by atoms with Gasteiger partial charge in [0, 0.05) is 5.39 Å². The van der Waals surface area contributed by atoms with Crippen LogP contribution in [0.15, 0.2) is 52.9 Å². The highest BCUT2D eigenvalue weighted by atomic mass is 19.1. The zero-order valence-electron chi connectivity index (χ0n) is 11.0. The minimum Gasteiger partial charge on any atom is -0.494 e. The molecule has 3 nitrogen and oxygen atoms in total. The lowest BCUT2D eigenvalue weighted by Gasteiger charge is -2.11. The molecule has 0 fully saturated rings. The van der Waals surface area contributed by atoms with Gasteiger partial charge in [0.05, 0.1) is 13.2 Å². The number of benzene rings is 2. The van der Waals surface area contributed by atoms with Crippen molar-refractivity contribution >= 4 is 11.0 Å². The topological polar surface area (TPSA) is 48.4 Å². The Bertz CT molecular complexity index is 718. The van der Waals surface area contributed by atoms with Crippen LogP contribution in [-0.2, 0) is 0 Å². The second kappa shape index (κ2) is 4.98. The number of nitrogens with two attached hydrogens (primary N) is 1. The molecular weight excluding hydrogens is 257 g/mol. The van der Waals surface area contributed by atoms with Crippen molar-refractivity contribution in [2.45, 2.75) is 6.04 Å². The van der Waals surface area contributed by atoms with Crippen molar-refractivity contribution < 1.29 is 13.5 Å². The average molecular weight is 271 g/mol. The number of fused-ring (bicyclic) bond motifs is 1. The SMILES string of the molecule is COc1cc(C(N)c2cc3ccccc3o2)ccc1F. The minimum absolute atomic E-state index is 0.175. The lowest BCUT2D eigenvalue weighted by atomic mass is 10.0. The highest BCUT2D eigenvalue weighted by molar-refractivity contribution is 5.77. The molecular formula is C16H14FNO2. The fraction of sp³-hybridized carbons (Fsp3) is 0.125. The summed E-state index contributed by atoms with van der Waals surface area (Å²) in [6, 6.07) is 13.7. The highest BCUT2D eigenvalue weighted by Gasteiger charge is 2.16. The summed E-state index contributed by atoms with van der Waals surface area (Å²) in [7, 11) is 1.43. The summed E-state index contributed by atoms with van der Waals surface area (Å²) < 4.78 is 24.1. The molecule has 0 saturated carbocycles. The van der Waals surface area contributed by atoms with Crippen molar-refractivity contribution in [3.8, 4) is 5.75 Å². The molecule has 20 heavy (non-hydrogen) atoms. The number of rotatable bonds is 3. The summed E-state index contributed by atoms with van der Waals surface area (Å²) in [4.78, 5) is 0. The van der Waals surface area contributed by atoms with Gasteiger partial charge in [0.15, 0.2) is 11.6 Å². The van der Waals surface area contributed by atoms with Crippen LogP contribution in [0.1, 0.15) is 17.4 Å². The standard InChI is InChI=1S/C16H14FNO2/c1-19-14-9-11(6-7-12(14)17)16(18)15-8-10-4-2-3-5-13(10)20-15/h2-9,16H,18H2,1H3. The Morgan fingerprint density at radius 1 is 1.15 bits per heavy atom. The Labute approximate surface area is 115 Å². The van der Waals surface area contributed by atoms with Gasteiger partial charge in [-0.2, -0.15) is 0 Å². The van der Waals surface area contributed by atoms with Gasteiger partial charge in [-0.05, 0) is 29.8 Å². The summed E-state index contributed by atoms with van der Waals surface area (Å²) in [5.41, 5.74) is 7.70. The third kappa shape index (κ3) is 2.14. The number of para-hydroxylation sites is 1. The van der Waals surface area contributed by atoms with Gasteiger partial charge >= 0.3 is 0 Å². The first-order valence-corrected chi connectivity index (χ1v) is 6.26. The van der Waals surface area contributed by atoms with Crippen LogP contribution in [-0.4, -0.2) is 7.11 Å². The smallest absolute Gasteiger partial charge is 0.165 e. The fourth-order valence-electron chi connectivity index (χ4n) is 2.19. The minimum atomic E-state index is -0.461. The van der Waals surface area contributed by atoms with Gasteiger partial charge < -0.3 is 14.9 Å². The fourth-order valence-corrected chi connectivity index (χ4v) is 2.19. The first kappa shape index (κ1) is 12.7.